The van der Waals surface area contributed by atoms with Crippen LogP contribution in [-0.2, 0) is 11.4 Å². The summed E-state index contributed by atoms with van der Waals surface area (Å²) in [4.78, 5) is 25.3. The summed E-state index contributed by atoms with van der Waals surface area (Å²) in [5, 5.41) is 12.1. The normalized spacial score (nSPS) is 14.5. The van der Waals surface area contributed by atoms with Crippen molar-refractivity contribution in [1.82, 2.24) is 0 Å². The number of rotatable bonds is 7. The average molecular weight is 547 g/mol. The van der Waals surface area contributed by atoms with Crippen LogP contribution in [0, 0.1) is 10.1 Å². The molecule has 0 N–H and O–H groups in total. The van der Waals surface area contributed by atoms with E-state index in [1.54, 1.807) is 48.5 Å². The van der Waals surface area contributed by atoms with E-state index in [1.807, 2.05) is 0 Å². The molecule has 1 heterocycles. The van der Waals surface area contributed by atoms with E-state index >= 15 is 0 Å². The number of amides is 1. The first kappa shape index (κ1) is 25.0. The second-order valence-corrected chi connectivity index (χ2v) is 9.75. The largest absolute Gasteiger partial charge is 0.493 e. The first-order valence-electron chi connectivity index (χ1n) is 10.0. The Balaban J connectivity index is 1.54. The van der Waals surface area contributed by atoms with Gasteiger partial charge >= 0.3 is 0 Å². The van der Waals surface area contributed by atoms with Gasteiger partial charge in [-0.15, -0.1) is 0 Å². The van der Waals surface area contributed by atoms with Gasteiger partial charge in [0.05, 0.1) is 22.6 Å². The third-order valence-corrected chi connectivity index (χ3v) is 6.87. The molecule has 1 aliphatic rings. The number of hydrogen-bond acceptors (Lipinski definition) is 7. The minimum Gasteiger partial charge on any atom is -0.493 e. The van der Waals surface area contributed by atoms with Gasteiger partial charge in [0.2, 0.25) is 0 Å². The lowest BCUT2D eigenvalue weighted by molar-refractivity contribution is -0.384. The van der Waals surface area contributed by atoms with E-state index in [0.717, 1.165) is 17.3 Å². The molecule has 0 bridgehead atoms. The standard InChI is InChI=1S/C24H16Cl2N2O5S2/c1-32-21-9-14(5-8-20(21)33-13-15-6-7-16(25)11-19(15)26)10-22-23(29)27(24(34)35-22)17-3-2-4-18(12-17)28(30)31/h2-12H,13H2,1H3/b22-10-. The van der Waals surface area contributed by atoms with Crippen molar-refractivity contribution in [3.05, 3.63) is 96.9 Å². The van der Waals surface area contributed by atoms with Crippen LogP contribution in [0.3, 0.4) is 0 Å². The average Bonchev–Trinajstić information content (AvgIpc) is 3.11. The number of ether oxygens (including phenoxy) is 2. The maximum atomic E-state index is 13.0. The zero-order valence-corrected chi connectivity index (χ0v) is 21.2. The summed E-state index contributed by atoms with van der Waals surface area (Å²) in [6.45, 7) is 0.216. The summed E-state index contributed by atoms with van der Waals surface area (Å²) in [7, 11) is 1.52. The lowest BCUT2D eigenvalue weighted by atomic mass is 10.1. The summed E-state index contributed by atoms with van der Waals surface area (Å²) < 4.78 is 11.6. The Hall–Kier alpha value is -3.11. The molecular formula is C24H16Cl2N2O5S2. The molecule has 1 amide bonds. The molecule has 0 atom stereocenters. The highest BCUT2D eigenvalue weighted by atomic mass is 35.5. The minimum absolute atomic E-state index is 0.124. The van der Waals surface area contributed by atoms with Crippen LogP contribution >= 0.6 is 47.2 Å². The molecular weight excluding hydrogens is 531 g/mol. The number of methoxy groups -OCH3 is 1. The molecule has 11 heteroatoms. The van der Waals surface area contributed by atoms with Gasteiger partial charge in [-0.1, -0.05) is 65.4 Å². The van der Waals surface area contributed by atoms with Gasteiger partial charge in [0.1, 0.15) is 6.61 Å². The van der Waals surface area contributed by atoms with E-state index < -0.39 is 4.92 Å². The fourth-order valence-electron chi connectivity index (χ4n) is 3.27. The summed E-state index contributed by atoms with van der Waals surface area (Å²) in [5.41, 5.74) is 1.68. The number of nitro groups is 1. The van der Waals surface area contributed by atoms with Gasteiger partial charge in [0.15, 0.2) is 15.8 Å². The number of thioether (sulfide) groups is 1. The Kier molecular flexibility index (Phi) is 7.61. The molecule has 35 heavy (non-hydrogen) atoms. The molecule has 3 aromatic carbocycles. The van der Waals surface area contributed by atoms with Crippen LogP contribution in [0.25, 0.3) is 6.08 Å². The molecule has 1 saturated heterocycles. The second kappa shape index (κ2) is 10.7. The van der Waals surface area contributed by atoms with Gasteiger partial charge in [-0.25, -0.2) is 0 Å². The van der Waals surface area contributed by atoms with Crippen molar-refractivity contribution in [3.63, 3.8) is 0 Å². The maximum Gasteiger partial charge on any atom is 0.271 e. The number of carbonyl (C=O) groups excluding carboxylic acids is 1. The number of nitro benzene ring substituents is 1. The minimum atomic E-state index is -0.520. The maximum absolute atomic E-state index is 13.0. The highest BCUT2D eigenvalue weighted by molar-refractivity contribution is 8.27. The first-order chi connectivity index (χ1) is 16.8. The van der Waals surface area contributed by atoms with Crippen LogP contribution in [0.15, 0.2) is 65.6 Å². The zero-order chi connectivity index (χ0) is 25.1. The van der Waals surface area contributed by atoms with Gasteiger partial charge in [-0.2, -0.15) is 0 Å². The lowest BCUT2D eigenvalue weighted by Crippen LogP contribution is -2.27. The fourth-order valence-corrected chi connectivity index (χ4v) is 5.04. The smallest absolute Gasteiger partial charge is 0.271 e. The van der Waals surface area contributed by atoms with Crippen molar-refractivity contribution in [2.75, 3.05) is 12.0 Å². The Morgan fingerprint density at radius 2 is 1.91 bits per heavy atom. The predicted molar refractivity (Wildman–Crippen MR) is 143 cm³/mol. The number of thiocarbonyl (C=S) groups is 1. The van der Waals surface area contributed by atoms with Crippen molar-refractivity contribution in [2.24, 2.45) is 0 Å². The van der Waals surface area contributed by atoms with Crippen molar-refractivity contribution in [2.45, 2.75) is 6.61 Å². The van der Waals surface area contributed by atoms with Crippen molar-refractivity contribution in [1.29, 1.82) is 0 Å². The number of benzene rings is 3. The number of halogens is 2. The van der Waals surface area contributed by atoms with Gasteiger partial charge in [-0.05, 0) is 42.0 Å². The molecule has 178 valence electrons. The molecule has 0 radical (unpaired) electrons. The summed E-state index contributed by atoms with van der Waals surface area (Å²) in [6, 6.07) is 16.2. The summed E-state index contributed by atoms with van der Waals surface area (Å²) >= 11 is 18.6. The highest BCUT2D eigenvalue weighted by Gasteiger charge is 2.34. The van der Waals surface area contributed by atoms with E-state index in [4.69, 9.17) is 44.9 Å². The molecule has 0 aromatic heterocycles. The number of hydrogen-bond donors (Lipinski definition) is 0. The van der Waals surface area contributed by atoms with Crippen molar-refractivity contribution in [3.8, 4) is 11.5 Å². The highest BCUT2D eigenvalue weighted by Crippen LogP contribution is 2.38. The van der Waals surface area contributed by atoms with Gasteiger partial charge in [0.25, 0.3) is 11.6 Å². The van der Waals surface area contributed by atoms with Crippen molar-refractivity contribution < 1.29 is 19.2 Å². The number of carbonyl (C=O) groups is 1. The Morgan fingerprint density at radius 1 is 1.11 bits per heavy atom. The molecule has 1 aliphatic heterocycles. The lowest BCUT2D eigenvalue weighted by Gasteiger charge is -2.14. The molecule has 0 spiro atoms. The van der Waals surface area contributed by atoms with E-state index in [2.05, 4.69) is 0 Å². The monoisotopic (exact) mass is 546 g/mol. The molecule has 3 aromatic rings. The van der Waals surface area contributed by atoms with Crippen LogP contribution < -0.4 is 14.4 Å². The zero-order valence-electron chi connectivity index (χ0n) is 18.1. The molecule has 1 fully saturated rings. The van der Waals surface area contributed by atoms with Crippen LogP contribution in [0.5, 0.6) is 11.5 Å². The van der Waals surface area contributed by atoms with E-state index in [-0.39, 0.29) is 22.5 Å². The first-order valence-corrected chi connectivity index (χ1v) is 12.0. The van der Waals surface area contributed by atoms with Crippen LogP contribution in [0.2, 0.25) is 10.0 Å². The van der Waals surface area contributed by atoms with Crippen LogP contribution in [0.4, 0.5) is 11.4 Å². The fraction of sp³-hybridized carbons (Fsp3) is 0.0833. The SMILES string of the molecule is COc1cc(/C=C2\SC(=S)N(c3cccc([N+](=O)[O-])c3)C2=O)ccc1OCc1ccc(Cl)cc1Cl. The summed E-state index contributed by atoms with van der Waals surface area (Å²) in [6.07, 6.45) is 1.68. The molecule has 4 rings (SSSR count). The third-order valence-electron chi connectivity index (χ3n) is 4.98. The Morgan fingerprint density at radius 3 is 2.63 bits per heavy atom. The molecule has 0 aliphatic carbocycles. The third kappa shape index (κ3) is 5.59. The van der Waals surface area contributed by atoms with E-state index in [1.165, 1.54) is 30.2 Å². The second-order valence-electron chi connectivity index (χ2n) is 7.23. The van der Waals surface area contributed by atoms with Gasteiger partial charge in [-0.3, -0.25) is 19.8 Å². The quantitative estimate of drug-likeness (QED) is 0.138. The van der Waals surface area contributed by atoms with Crippen LogP contribution in [0.1, 0.15) is 11.1 Å². The molecule has 0 unspecified atom stereocenters. The number of nitrogens with zero attached hydrogens (tertiary/aromatic N) is 2. The predicted octanol–water partition coefficient (Wildman–Crippen LogP) is 6.90. The Bertz CT molecular complexity index is 1380. The molecule has 0 saturated carbocycles. The number of non-ortho nitro benzene ring substituents is 1. The van der Waals surface area contributed by atoms with Gasteiger partial charge < -0.3 is 9.47 Å². The van der Waals surface area contributed by atoms with Crippen molar-refractivity contribution >= 4 is 74.9 Å². The summed E-state index contributed by atoms with van der Waals surface area (Å²) in [5.74, 6) is 0.606. The van der Waals surface area contributed by atoms with E-state index in [0.29, 0.717) is 37.7 Å². The van der Waals surface area contributed by atoms with Gasteiger partial charge in [0, 0.05) is 27.7 Å². The van der Waals surface area contributed by atoms with E-state index in [9.17, 15) is 14.9 Å². The molecule has 7 nitrogen and oxygen atoms in total. The Labute approximate surface area is 220 Å². The number of anilines is 1. The topological polar surface area (TPSA) is 81.9 Å². The van der Waals surface area contributed by atoms with Crippen LogP contribution in [-0.4, -0.2) is 22.3 Å².